The fourth-order valence-electron chi connectivity index (χ4n) is 7.64. The Morgan fingerprint density at radius 1 is 0.946 bits per heavy atom. The van der Waals surface area contributed by atoms with Gasteiger partial charge >= 0.3 is 5.97 Å². The topological polar surface area (TPSA) is 113 Å². The molecule has 4 aliphatic rings. The maximum absolute atomic E-state index is 13.4. The number of hydrogen-bond acceptors (Lipinski definition) is 4. The van der Waals surface area contributed by atoms with Crippen molar-refractivity contribution in [1.29, 1.82) is 0 Å². The van der Waals surface area contributed by atoms with Gasteiger partial charge in [0.25, 0.3) is 10.0 Å². The Morgan fingerprint density at radius 2 is 1.46 bits per heavy atom. The SMILES string of the molecule is Cc1cc(C)c(S(=O)(=O)Nc2ccc(CC(NC(=O)C34CC5CC(CC(C5)C3)C4)C(=O)O)cc2)c(C)c1. The molecule has 198 valence electrons. The van der Waals surface area contributed by atoms with Crippen LogP contribution < -0.4 is 10.0 Å². The van der Waals surface area contributed by atoms with Crippen LogP contribution in [0.25, 0.3) is 0 Å². The molecule has 2 aromatic rings. The molecule has 1 atom stereocenters. The fourth-order valence-corrected chi connectivity index (χ4v) is 9.16. The van der Waals surface area contributed by atoms with E-state index in [1.165, 1.54) is 19.3 Å². The van der Waals surface area contributed by atoms with E-state index in [1.54, 1.807) is 38.1 Å². The van der Waals surface area contributed by atoms with Crippen LogP contribution >= 0.6 is 0 Å². The summed E-state index contributed by atoms with van der Waals surface area (Å²) in [6, 6.07) is 9.33. The lowest BCUT2D eigenvalue weighted by Gasteiger charge is -2.55. The van der Waals surface area contributed by atoms with Crippen molar-refractivity contribution in [3.63, 3.8) is 0 Å². The second kappa shape index (κ2) is 9.46. The fraction of sp³-hybridized carbons (Fsp3) is 0.517. The highest BCUT2D eigenvalue weighted by atomic mass is 32.2. The molecule has 8 heteroatoms. The van der Waals surface area contributed by atoms with Crippen molar-refractivity contribution in [2.75, 3.05) is 4.72 Å². The molecule has 0 spiro atoms. The molecule has 4 saturated carbocycles. The van der Waals surface area contributed by atoms with Gasteiger partial charge in [-0.1, -0.05) is 29.8 Å². The Hall–Kier alpha value is -2.87. The van der Waals surface area contributed by atoms with Crippen LogP contribution in [0.1, 0.15) is 60.8 Å². The van der Waals surface area contributed by atoms with Gasteiger partial charge in [-0.05, 0) is 106 Å². The lowest BCUT2D eigenvalue weighted by Crippen LogP contribution is -2.56. The Kier molecular flexibility index (Phi) is 6.59. The monoisotopic (exact) mass is 524 g/mol. The maximum Gasteiger partial charge on any atom is 0.326 e. The van der Waals surface area contributed by atoms with Crippen LogP contribution in [0.2, 0.25) is 0 Å². The van der Waals surface area contributed by atoms with Crippen LogP contribution in [0.15, 0.2) is 41.3 Å². The van der Waals surface area contributed by atoms with Gasteiger partial charge in [0.2, 0.25) is 5.91 Å². The third-order valence-electron chi connectivity index (χ3n) is 8.64. The van der Waals surface area contributed by atoms with Gasteiger partial charge in [0.15, 0.2) is 0 Å². The molecular weight excluding hydrogens is 488 g/mol. The highest BCUT2D eigenvalue weighted by Crippen LogP contribution is 2.60. The van der Waals surface area contributed by atoms with Crippen molar-refractivity contribution in [2.24, 2.45) is 23.2 Å². The van der Waals surface area contributed by atoms with E-state index in [1.807, 2.05) is 19.1 Å². The minimum Gasteiger partial charge on any atom is -0.480 e. The molecule has 4 bridgehead atoms. The van der Waals surface area contributed by atoms with Crippen LogP contribution in [-0.4, -0.2) is 31.4 Å². The number of sulfonamides is 1. The number of aliphatic carboxylic acids is 1. The molecule has 0 radical (unpaired) electrons. The zero-order chi connectivity index (χ0) is 26.5. The van der Waals surface area contributed by atoms with Crippen molar-refractivity contribution in [2.45, 2.75) is 76.7 Å². The molecule has 4 aliphatic carbocycles. The van der Waals surface area contributed by atoms with Gasteiger partial charge in [-0.25, -0.2) is 13.2 Å². The normalized spacial score (nSPS) is 27.1. The predicted octanol–water partition coefficient (Wildman–Crippen LogP) is 4.74. The second-order valence-electron chi connectivity index (χ2n) is 11.8. The minimum absolute atomic E-state index is 0.104. The maximum atomic E-state index is 13.4. The van der Waals surface area contributed by atoms with Crippen LogP contribution in [0, 0.1) is 43.9 Å². The summed E-state index contributed by atoms with van der Waals surface area (Å²) in [5, 5.41) is 12.7. The minimum atomic E-state index is -3.78. The van der Waals surface area contributed by atoms with E-state index in [0.29, 0.717) is 40.1 Å². The van der Waals surface area contributed by atoms with Gasteiger partial charge in [0, 0.05) is 17.5 Å². The molecule has 2 aromatic carbocycles. The molecule has 1 amide bonds. The molecule has 7 nitrogen and oxygen atoms in total. The molecule has 0 saturated heterocycles. The van der Waals surface area contributed by atoms with Crippen molar-refractivity contribution in [1.82, 2.24) is 5.32 Å². The summed E-state index contributed by atoms with van der Waals surface area (Å²) in [4.78, 5) is 25.7. The lowest BCUT2D eigenvalue weighted by molar-refractivity contribution is -0.151. The van der Waals surface area contributed by atoms with Crippen LogP contribution in [0.4, 0.5) is 5.69 Å². The van der Waals surface area contributed by atoms with E-state index < -0.39 is 27.4 Å². The Balaban J connectivity index is 1.26. The van der Waals surface area contributed by atoms with Crippen molar-refractivity contribution < 1.29 is 23.1 Å². The van der Waals surface area contributed by atoms with Gasteiger partial charge in [0.1, 0.15) is 6.04 Å². The first-order valence-corrected chi connectivity index (χ1v) is 14.7. The third kappa shape index (κ3) is 5.13. The number of hydrogen-bond donors (Lipinski definition) is 3. The molecular formula is C29H36N2O5S. The highest BCUT2D eigenvalue weighted by molar-refractivity contribution is 7.92. The van der Waals surface area contributed by atoms with Crippen molar-refractivity contribution in [3.8, 4) is 0 Å². The van der Waals surface area contributed by atoms with E-state index in [4.69, 9.17) is 0 Å². The molecule has 4 fully saturated rings. The van der Waals surface area contributed by atoms with E-state index >= 15 is 0 Å². The van der Waals surface area contributed by atoms with Gasteiger partial charge in [-0.3, -0.25) is 9.52 Å². The Labute approximate surface area is 219 Å². The van der Waals surface area contributed by atoms with Crippen molar-refractivity contribution in [3.05, 3.63) is 58.7 Å². The van der Waals surface area contributed by atoms with E-state index in [0.717, 1.165) is 24.8 Å². The first-order valence-electron chi connectivity index (χ1n) is 13.2. The van der Waals surface area contributed by atoms with E-state index in [9.17, 15) is 23.1 Å². The Morgan fingerprint density at radius 3 is 1.95 bits per heavy atom. The molecule has 3 N–H and O–H groups in total. The number of aryl methyl sites for hydroxylation is 3. The molecule has 1 unspecified atom stereocenters. The van der Waals surface area contributed by atoms with E-state index in [2.05, 4.69) is 10.0 Å². The number of carboxylic acid groups (broad SMARTS) is 1. The van der Waals surface area contributed by atoms with E-state index in [-0.39, 0.29) is 17.2 Å². The summed E-state index contributed by atoms with van der Waals surface area (Å²) in [5.41, 5.74) is 3.07. The molecule has 0 aromatic heterocycles. The number of rotatable bonds is 8. The standard InChI is InChI=1S/C29H36N2O5S/c1-17-8-18(2)26(19(3)9-17)37(35,36)31-24-6-4-20(5-7-24)13-25(27(32)33)30-28(34)29-14-21-10-22(15-29)12-23(11-21)16-29/h4-9,21-23,25,31H,10-16H2,1-3H3,(H,30,34)(H,32,33). The number of anilines is 1. The second-order valence-corrected chi connectivity index (χ2v) is 13.4. The first-order chi connectivity index (χ1) is 17.4. The highest BCUT2D eigenvalue weighted by Gasteiger charge is 2.55. The van der Waals surface area contributed by atoms with Gasteiger partial charge < -0.3 is 10.4 Å². The summed E-state index contributed by atoms with van der Waals surface area (Å²) in [6.07, 6.45) is 6.43. The number of carbonyl (C=O) groups excluding carboxylic acids is 1. The smallest absolute Gasteiger partial charge is 0.326 e. The summed E-state index contributed by atoms with van der Waals surface area (Å²) >= 11 is 0. The average Bonchev–Trinajstić information content (AvgIpc) is 2.77. The zero-order valence-corrected chi connectivity index (χ0v) is 22.5. The van der Waals surface area contributed by atoms with Gasteiger partial charge in [-0.2, -0.15) is 0 Å². The van der Waals surface area contributed by atoms with Crippen LogP contribution in [-0.2, 0) is 26.0 Å². The number of carbonyl (C=O) groups is 2. The molecule has 0 heterocycles. The van der Waals surface area contributed by atoms with Crippen LogP contribution in [0.3, 0.4) is 0 Å². The summed E-state index contributed by atoms with van der Waals surface area (Å²) in [7, 11) is -3.78. The molecule has 0 aliphatic heterocycles. The third-order valence-corrected chi connectivity index (χ3v) is 10.3. The zero-order valence-electron chi connectivity index (χ0n) is 21.7. The Bertz CT molecular complexity index is 1270. The van der Waals surface area contributed by atoms with Crippen LogP contribution in [0.5, 0.6) is 0 Å². The number of amides is 1. The summed E-state index contributed by atoms with van der Waals surface area (Å²) < 4.78 is 28.7. The number of nitrogens with one attached hydrogen (secondary N) is 2. The molecule has 37 heavy (non-hydrogen) atoms. The van der Waals surface area contributed by atoms with Gasteiger partial charge in [0.05, 0.1) is 4.90 Å². The first kappa shape index (κ1) is 25.8. The number of benzene rings is 2. The summed E-state index contributed by atoms with van der Waals surface area (Å²) in [6.45, 7) is 5.49. The van der Waals surface area contributed by atoms with Gasteiger partial charge in [-0.15, -0.1) is 0 Å². The predicted molar refractivity (Wildman–Crippen MR) is 142 cm³/mol. The average molecular weight is 525 g/mol. The lowest BCUT2D eigenvalue weighted by atomic mass is 9.49. The quantitative estimate of drug-likeness (QED) is 0.462. The largest absolute Gasteiger partial charge is 0.480 e. The van der Waals surface area contributed by atoms with Crippen molar-refractivity contribution >= 4 is 27.6 Å². The molecule has 6 rings (SSSR count). The summed E-state index contributed by atoms with van der Waals surface area (Å²) in [5.74, 6) is 0.637. The number of carboxylic acids is 1.